The highest BCUT2D eigenvalue weighted by atomic mass is 16.2. The van der Waals surface area contributed by atoms with E-state index in [1.807, 2.05) is 62.2 Å². The van der Waals surface area contributed by atoms with Crippen molar-refractivity contribution in [1.29, 1.82) is 0 Å². The van der Waals surface area contributed by atoms with Crippen molar-refractivity contribution >= 4 is 16.8 Å². The van der Waals surface area contributed by atoms with Gasteiger partial charge in [-0.2, -0.15) is 0 Å². The van der Waals surface area contributed by atoms with Crippen LogP contribution in [0.15, 0.2) is 67.4 Å². The molecule has 0 aliphatic rings. The maximum atomic E-state index is 12.9. The lowest BCUT2D eigenvalue weighted by Crippen LogP contribution is -2.36. The van der Waals surface area contributed by atoms with Gasteiger partial charge in [0.05, 0.1) is 17.5 Å². The van der Waals surface area contributed by atoms with Crippen LogP contribution in [0.2, 0.25) is 0 Å². The average molecular weight is 385 g/mol. The number of benzene rings is 1. The van der Waals surface area contributed by atoms with Crippen LogP contribution < -0.4 is 0 Å². The molecule has 146 valence electrons. The van der Waals surface area contributed by atoms with Gasteiger partial charge in [-0.25, -0.2) is 4.98 Å². The summed E-state index contributed by atoms with van der Waals surface area (Å²) in [5.41, 5.74) is 4.35. The average Bonchev–Trinajstić information content (AvgIpc) is 3.17. The van der Waals surface area contributed by atoms with Gasteiger partial charge in [-0.3, -0.25) is 14.8 Å². The highest BCUT2D eigenvalue weighted by Crippen LogP contribution is 2.23. The number of hydrogen-bond acceptors (Lipinski definition) is 4. The van der Waals surface area contributed by atoms with Gasteiger partial charge < -0.3 is 9.47 Å². The lowest BCUT2D eigenvalue weighted by atomic mass is 10.1. The molecule has 3 heterocycles. The Kier molecular flexibility index (Phi) is 5.08. The van der Waals surface area contributed by atoms with Gasteiger partial charge in [0.15, 0.2) is 0 Å². The first kappa shape index (κ1) is 18.8. The number of amides is 1. The quantitative estimate of drug-likeness (QED) is 0.519. The van der Waals surface area contributed by atoms with E-state index in [0.717, 1.165) is 27.7 Å². The minimum absolute atomic E-state index is 0.0489. The fourth-order valence-electron chi connectivity index (χ4n) is 3.32. The molecule has 4 aromatic rings. The summed E-state index contributed by atoms with van der Waals surface area (Å²) in [6.07, 6.45) is 6.98. The van der Waals surface area contributed by atoms with Gasteiger partial charge >= 0.3 is 0 Å². The zero-order valence-electron chi connectivity index (χ0n) is 16.8. The fraction of sp³-hybridized carbons (Fsp3) is 0.217. The zero-order chi connectivity index (χ0) is 20.4. The van der Waals surface area contributed by atoms with Crippen LogP contribution in [-0.2, 0) is 13.6 Å². The first-order valence-corrected chi connectivity index (χ1v) is 9.60. The summed E-state index contributed by atoms with van der Waals surface area (Å²) in [6, 6.07) is 14.1. The summed E-state index contributed by atoms with van der Waals surface area (Å²) < 4.78 is 1.78. The van der Waals surface area contributed by atoms with Gasteiger partial charge in [-0.05, 0) is 49.7 Å². The Morgan fingerprint density at radius 2 is 1.93 bits per heavy atom. The van der Waals surface area contributed by atoms with Crippen LogP contribution in [0.25, 0.3) is 22.2 Å². The summed E-state index contributed by atoms with van der Waals surface area (Å²) in [4.78, 5) is 27.9. The van der Waals surface area contributed by atoms with E-state index >= 15 is 0 Å². The topological polar surface area (TPSA) is 63.9 Å². The van der Waals surface area contributed by atoms with E-state index in [1.165, 1.54) is 0 Å². The standard InChI is InChI=1S/C23H23N5O/c1-16(2)28(23(29)22-14-27(3)15-26-22)13-17-8-10-25-21(11-17)19-6-7-20-18(12-19)5-4-9-24-20/h4-12,14-16H,13H2,1-3H3. The van der Waals surface area contributed by atoms with Gasteiger partial charge in [0, 0.05) is 49.2 Å². The normalized spacial score (nSPS) is 11.2. The van der Waals surface area contributed by atoms with E-state index in [1.54, 1.807) is 29.5 Å². The molecule has 0 aliphatic carbocycles. The molecular formula is C23H23N5O. The smallest absolute Gasteiger partial charge is 0.274 e. The number of pyridine rings is 2. The summed E-state index contributed by atoms with van der Waals surface area (Å²) in [5.74, 6) is -0.0734. The molecular weight excluding hydrogens is 362 g/mol. The molecule has 0 saturated heterocycles. The van der Waals surface area contributed by atoms with Crippen LogP contribution in [-0.4, -0.2) is 36.4 Å². The first-order chi connectivity index (χ1) is 14.0. The zero-order valence-corrected chi connectivity index (χ0v) is 16.8. The summed E-state index contributed by atoms with van der Waals surface area (Å²) in [7, 11) is 1.86. The molecule has 1 aromatic carbocycles. The highest BCUT2D eigenvalue weighted by Gasteiger charge is 2.21. The molecule has 0 bridgehead atoms. The largest absolute Gasteiger partial charge is 0.340 e. The maximum Gasteiger partial charge on any atom is 0.274 e. The van der Waals surface area contributed by atoms with Gasteiger partial charge in [-0.1, -0.05) is 12.1 Å². The van der Waals surface area contributed by atoms with Gasteiger partial charge in [0.2, 0.25) is 0 Å². The number of hydrogen-bond donors (Lipinski definition) is 0. The lowest BCUT2D eigenvalue weighted by Gasteiger charge is -2.26. The second-order valence-corrected chi connectivity index (χ2v) is 7.41. The van der Waals surface area contributed by atoms with Crippen molar-refractivity contribution in [3.05, 3.63) is 78.6 Å². The van der Waals surface area contributed by atoms with Crippen molar-refractivity contribution < 1.29 is 4.79 Å². The van der Waals surface area contributed by atoms with Gasteiger partial charge in [0.25, 0.3) is 5.91 Å². The number of aromatic nitrogens is 4. The molecule has 3 aromatic heterocycles. The number of rotatable bonds is 5. The van der Waals surface area contributed by atoms with Crippen LogP contribution in [0, 0.1) is 0 Å². The van der Waals surface area contributed by atoms with Crippen LogP contribution in [0.3, 0.4) is 0 Å². The SMILES string of the molecule is CC(C)N(Cc1ccnc(-c2ccc3ncccc3c2)c1)C(=O)c1cn(C)cn1. The summed E-state index contributed by atoms with van der Waals surface area (Å²) >= 11 is 0. The maximum absolute atomic E-state index is 12.9. The first-order valence-electron chi connectivity index (χ1n) is 9.60. The van der Waals surface area contributed by atoms with Gasteiger partial charge in [-0.15, -0.1) is 0 Å². The van der Waals surface area contributed by atoms with E-state index < -0.39 is 0 Å². The van der Waals surface area contributed by atoms with Crippen molar-refractivity contribution in [3.8, 4) is 11.3 Å². The highest BCUT2D eigenvalue weighted by molar-refractivity contribution is 5.92. The second-order valence-electron chi connectivity index (χ2n) is 7.41. The Morgan fingerprint density at radius 3 is 2.69 bits per heavy atom. The molecule has 0 unspecified atom stereocenters. The number of imidazole rings is 1. The van der Waals surface area contributed by atoms with Crippen molar-refractivity contribution in [1.82, 2.24) is 24.4 Å². The summed E-state index contributed by atoms with van der Waals surface area (Å²) in [6.45, 7) is 4.52. The molecule has 29 heavy (non-hydrogen) atoms. The third-order valence-corrected chi connectivity index (χ3v) is 4.88. The van der Waals surface area contributed by atoms with Crippen molar-refractivity contribution in [2.45, 2.75) is 26.4 Å². The molecule has 1 amide bonds. The lowest BCUT2D eigenvalue weighted by molar-refractivity contribution is 0.0684. The minimum atomic E-state index is -0.0734. The molecule has 0 spiro atoms. The Balaban J connectivity index is 1.62. The van der Waals surface area contributed by atoms with Crippen LogP contribution in [0.4, 0.5) is 0 Å². The minimum Gasteiger partial charge on any atom is -0.340 e. The van der Waals surface area contributed by atoms with E-state index in [0.29, 0.717) is 12.2 Å². The molecule has 0 aliphatic heterocycles. The van der Waals surface area contributed by atoms with Crippen molar-refractivity contribution in [3.63, 3.8) is 0 Å². The predicted molar refractivity (Wildman–Crippen MR) is 113 cm³/mol. The number of fused-ring (bicyclic) bond motifs is 1. The van der Waals surface area contributed by atoms with E-state index in [-0.39, 0.29) is 11.9 Å². The second kappa shape index (κ2) is 7.83. The molecule has 0 saturated carbocycles. The number of nitrogens with zero attached hydrogens (tertiary/aromatic N) is 5. The third-order valence-electron chi connectivity index (χ3n) is 4.88. The molecule has 0 N–H and O–H groups in total. The van der Waals surface area contributed by atoms with E-state index in [4.69, 9.17) is 0 Å². The fourth-order valence-corrected chi connectivity index (χ4v) is 3.32. The van der Waals surface area contributed by atoms with Crippen LogP contribution in [0.5, 0.6) is 0 Å². The monoisotopic (exact) mass is 385 g/mol. The Bertz CT molecular complexity index is 1160. The van der Waals surface area contributed by atoms with E-state index in [9.17, 15) is 4.79 Å². The van der Waals surface area contributed by atoms with Crippen LogP contribution >= 0.6 is 0 Å². The van der Waals surface area contributed by atoms with Crippen LogP contribution in [0.1, 0.15) is 29.9 Å². The molecule has 0 radical (unpaired) electrons. The molecule has 0 fully saturated rings. The Labute approximate surface area is 169 Å². The molecule has 6 nitrogen and oxygen atoms in total. The number of aryl methyl sites for hydroxylation is 1. The van der Waals surface area contributed by atoms with Gasteiger partial charge in [0.1, 0.15) is 5.69 Å². The molecule has 0 atom stereocenters. The Morgan fingerprint density at radius 1 is 1.07 bits per heavy atom. The number of carbonyl (C=O) groups excluding carboxylic acids is 1. The molecule has 6 heteroatoms. The number of carbonyl (C=O) groups is 1. The Hall–Kier alpha value is -3.54. The summed E-state index contributed by atoms with van der Waals surface area (Å²) in [5, 5.41) is 1.08. The molecule has 4 rings (SSSR count). The third kappa shape index (κ3) is 4.01. The van der Waals surface area contributed by atoms with E-state index in [2.05, 4.69) is 21.0 Å². The predicted octanol–water partition coefficient (Wildman–Crippen LogP) is 4.08. The van der Waals surface area contributed by atoms with Crippen molar-refractivity contribution in [2.24, 2.45) is 7.05 Å². The van der Waals surface area contributed by atoms with Crippen molar-refractivity contribution in [2.75, 3.05) is 0 Å².